The molecule has 6 nitrogen and oxygen atoms in total. The third-order valence-corrected chi connectivity index (χ3v) is 4.27. The number of ether oxygens (including phenoxy) is 2. The fraction of sp³-hybridized carbons (Fsp3) is 0.158. The summed E-state index contributed by atoms with van der Waals surface area (Å²) in [4.78, 5) is 21.7. The van der Waals surface area contributed by atoms with Gasteiger partial charge in [-0.25, -0.2) is 8.78 Å². The van der Waals surface area contributed by atoms with Gasteiger partial charge in [-0.15, -0.1) is 0 Å². The van der Waals surface area contributed by atoms with Gasteiger partial charge in [-0.05, 0) is 36.4 Å². The molecule has 2 aliphatic rings. The second-order valence-corrected chi connectivity index (χ2v) is 5.79. The summed E-state index contributed by atoms with van der Waals surface area (Å²) < 4.78 is 36.2. The van der Waals surface area contributed by atoms with Crippen LogP contribution in [0.15, 0.2) is 48.7 Å². The molecule has 4 rings (SSSR count). The van der Waals surface area contributed by atoms with Gasteiger partial charge in [0.1, 0.15) is 11.6 Å². The maximum atomic E-state index is 13.0. The van der Waals surface area contributed by atoms with Crippen LogP contribution in [-0.4, -0.2) is 25.9 Å². The average Bonchev–Trinajstić information content (AvgIpc) is 3.07. The van der Waals surface area contributed by atoms with Crippen LogP contribution in [0.1, 0.15) is 15.9 Å². The quantitative estimate of drug-likeness (QED) is 0.624. The van der Waals surface area contributed by atoms with E-state index in [1.165, 1.54) is 32.4 Å². The molecule has 8 heteroatoms. The van der Waals surface area contributed by atoms with E-state index in [2.05, 4.69) is 17.2 Å². The number of methoxy groups -OCH3 is 2. The summed E-state index contributed by atoms with van der Waals surface area (Å²) in [7, 11) is 3.05. The molecule has 1 amide bonds. The number of hydrogen-bond donors (Lipinski definition) is 2. The van der Waals surface area contributed by atoms with Crippen LogP contribution < -0.4 is 10.6 Å². The van der Waals surface area contributed by atoms with Crippen molar-refractivity contribution in [2.75, 3.05) is 24.9 Å². The summed E-state index contributed by atoms with van der Waals surface area (Å²) in [6.07, 6.45) is 0. The van der Waals surface area contributed by atoms with E-state index in [0.29, 0.717) is 11.4 Å². The fourth-order valence-electron chi connectivity index (χ4n) is 2.98. The third-order valence-electron chi connectivity index (χ3n) is 4.27. The summed E-state index contributed by atoms with van der Waals surface area (Å²) in [5, 5.41) is 5.21. The van der Waals surface area contributed by atoms with Gasteiger partial charge >= 0.3 is 0 Å². The van der Waals surface area contributed by atoms with Crippen molar-refractivity contribution in [3.8, 4) is 0 Å². The van der Waals surface area contributed by atoms with E-state index in [9.17, 15) is 18.4 Å². The highest BCUT2D eigenvalue weighted by atomic mass is 19.1. The Kier molecular flexibility index (Phi) is 4.77. The van der Waals surface area contributed by atoms with Crippen LogP contribution in [0, 0.1) is 11.6 Å². The Morgan fingerprint density at radius 2 is 1.52 bits per heavy atom. The number of carbonyl (C=O) groups excluding carboxylic acids is 2. The standard InChI is InChI=1S/C11H12FNO2.C8H4FNO2/c1-7-11(14-2,15-3)9-5-4-8(12)6-10(9)13-7;9-4-1-2-5-6(3-4)10-8(12)7(5)11/h4-6,13H,1H2,2-3H3;1-3H,(H,10,11,12). The van der Waals surface area contributed by atoms with Crippen LogP contribution in [-0.2, 0) is 20.1 Å². The topological polar surface area (TPSA) is 76.7 Å². The molecular weight excluding hydrogens is 358 g/mol. The lowest BCUT2D eigenvalue weighted by atomic mass is 10.1. The lowest BCUT2D eigenvalue weighted by molar-refractivity contribution is -0.181. The van der Waals surface area contributed by atoms with Gasteiger partial charge in [0.2, 0.25) is 5.79 Å². The first-order chi connectivity index (χ1) is 12.8. The lowest BCUT2D eigenvalue weighted by Gasteiger charge is -2.26. The molecule has 0 spiro atoms. The third kappa shape index (κ3) is 3.09. The number of nitrogens with one attached hydrogen (secondary N) is 2. The van der Waals surface area contributed by atoms with Crippen molar-refractivity contribution in [3.63, 3.8) is 0 Å². The summed E-state index contributed by atoms with van der Waals surface area (Å²) in [5.74, 6) is -3.09. The predicted octanol–water partition coefficient (Wildman–Crippen LogP) is 3.17. The second kappa shape index (κ2) is 6.90. The van der Waals surface area contributed by atoms with Crippen molar-refractivity contribution in [2.24, 2.45) is 0 Å². The summed E-state index contributed by atoms with van der Waals surface area (Å²) in [6.45, 7) is 3.81. The minimum atomic E-state index is -1.01. The zero-order valence-corrected chi connectivity index (χ0v) is 14.6. The van der Waals surface area contributed by atoms with E-state index in [1.807, 2.05) is 0 Å². The van der Waals surface area contributed by atoms with Crippen molar-refractivity contribution < 1.29 is 27.8 Å². The lowest BCUT2D eigenvalue weighted by Crippen LogP contribution is -2.30. The highest BCUT2D eigenvalue weighted by Crippen LogP contribution is 2.44. The minimum absolute atomic E-state index is 0.237. The maximum Gasteiger partial charge on any atom is 0.296 e. The van der Waals surface area contributed by atoms with Gasteiger partial charge in [0.25, 0.3) is 11.7 Å². The average molecular weight is 374 g/mol. The van der Waals surface area contributed by atoms with Crippen molar-refractivity contribution in [1.29, 1.82) is 0 Å². The van der Waals surface area contributed by atoms with E-state index in [4.69, 9.17) is 9.47 Å². The van der Waals surface area contributed by atoms with Crippen LogP contribution in [0.3, 0.4) is 0 Å². The first-order valence-electron chi connectivity index (χ1n) is 7.84. The number of hydrogen-bond acceptors (Lipinski definition) is 5. The van der Waals surface area contributed by atoms with E-state index in [-0.39, 0.29) is 17.1 Å². The number of ketones is 1. The maximum absolute atomic E-state index is 13.0. The molecule has 2 N–H and O–H groups in total. The van der Waals surface area contributed by atoms with Gasteiger partial charge in [0.15, 0.2) is 0 Å². The number of anilines is 2. The highest BCUT2D eigenvalue weighted by molar-refractivity contribution is 6.51. The van der Waals surface area contributed by atoms with E-state index >= 15 is 0 Å². The SMILES string of the molecule is C=C1Nc2cc(F)ccc2C1(OC)OC.O=C1Nc2cc(F)ccc2C1=O. The Bertz CT molecular complexity index is 955. The first-order valence-corrected chi connectivity index (χ1v) is 7.84. The second-order valence-electron chi connectivity index (χ2n) is 5.79. The summed E-state index contributed by atoms with van der Waals surface area (Å²) >= 11 is 0. The fourth-order valence-corrected chi connectivity index (χ4v) is 2.98. The number of benzene rings is 2. The van der Waals surface area contributed by atoms with E-state index in [1.54, 1.807) is 6.07 Å². The van der Waals surface area contributed by atoms with Crippen LogP contribution in [0.2, 0.25) is 0 Å². The molecule has 2 heterocycles. The van der Waals surface area contributed by atoms with Gasteiger partial charge in [0.05, 0.1) is 22.6 Å². The molecule has 0 saturated heterocycles. The van der Waals surface area contributed by atoms with Crippen LogP contribution in [0.25, 0.3) is 0 Å². The van der Waals surface area contributed by atoms with Crippen molar-refractivity contribution in [3.05, 3.63) is 71.4 Å². The summed E-state index contributed by atoms with van der Waals surface area (Å²) in [5.41, 5.74) is 2.40. The monoisotopic (exact) mass is 374 g/mol. The molecule has 2 aromatic carbocycles. The Morgan fingerprint density at radius 3 is 2.15 bits per heavy atom. The molecule has 0 bridgehead atoms. The molecule has 0 unspecified atom stereocenters. The highest BCUT2D eigenvalue weighted by Gasteiger charge is 2.43. The number of Topliss-reactive ketones (excluding diaryl/α,β-unsaturated/α-hetero) is 1. The molecule has 2 aromatic rings. The molecule has 140 valence electrons. The molecular formula is C19H16F2N2O4. The molecule has 2 aliphatic heterocycles. The predicted molar refractivity (Wildman–Crippen MR) is 94.2 cm³/mol. The number of fused-ring (bicyclic) bond motifs is 2. The number of amides is 1. The Labute approximate surface area is 153 Å². The van der Waals surface area contributed by atoms with Gasteiger partial charge in [-0.2, -0.15) is 0 Å². The smallest absolute Gasteiger partial charge is 0.296 e. The van der Waals surface area contributed by atoms with E-state index in [0.717, 1.165) is 17.7 Å². The zero-order valence-electron chi connectivity index (χ0n) is 14.6. The number of rotatable bonds is 2. The van der Waals surface area contributed by atoms with E-state index < -0.39 is 23.3 Å². The minimum Gasteiger partial charge on any atom is -0.354 e. The Balaban J connectivity index is 0.000000159. The zero-order chi connectivity index (χ0) is 19.8. The molecule has 0 radical (unpaired) electrons. The molecule has 0 saturated carbocycles. The molecule has 0 atom stereocenters. The normalized spacial score (nSPS) is 16.1. The van der Waals surface area contributed by atoms with Crippen molar-refractivity contribution in [2.45, 2.75) is 5.79 Å². The Morgan fingerprint density at radius 1 is 0.926 bits per heavy atom. The van der Waals surface area contributed by atoms with Crippen LogP contribution in [0.4, 0.5) is 20.2 Å². The molecule has 0 aliphatic carbocycles. The summed E-state index contributed by atoms with van der Waals surface area (Å²) in [6, 6.07) is 7.95. The number of carbonyl (C=O) groups is 2. The number of halogens is 2. The molecule has 0 fully saturated rings. The van der Waals surface area contributed by atoms with Gasteiger partial charge < -0.3 is 20.1 Å². The largest absolute Gasteiger partial charge is 0.354 e. The molecule has 27 heavy (non-hydrogen) atoms. The van der Waals surface area contributed by atoms with Gasteiger partial charge in [-0.1, -0.05) is 6.58 Å². The molecule has 0 aromatic heterocycles. The van der Waals surface area contributed by atoms with Crippen LogP contribution in [0.5, 0.6) is 0 Å². The first kappa shape index (κ1) is 18.7. The van der Waals surface area contributed by atoms with Crippen LogP contribution >= 0.6 is 0 Å². The van der Waals surface area contributed by atoms with Gasteiger partial charge in [0, 0.05) is 19.8 Å². The van der Waals surface area contributed by atoms with Crippen molar-refractivity contribution >= 4 is 23.1 Å². The van der Waals surface area contributed by atoms with Crippen molar-refractivity contribution in [1.82, 2.24) is 0 Å². The Hall–Kier alpha value is -3.10. The van der Waals surface area contributed by atoms with Gasteiger partial charge in [-0.3, -0.25) is 9.59 Å².